The Morgan fingerprint density at radius 1 is 1.28 bits per heavy atom. The number of halogens is 2. The van der Waals surface area contributed by atoms with Gasteiger partial charge in [0.05, 0.1) is 15.4 Å². The van der Waals surface area contributed by atoms with Gasteiger partial charge in [0.2, 0.25) is 5.91 Å². The van der Waals surface area contributed by atoms with Crippen molar-refractivity contribution in [3.05, 3.63) is 54.0 Å². The Bertz CT molecular complexity index is 1110. The SMILES string of the molecule is Cc1sc2[nH]c(=O)n(CCC(N)=O)c(=O)c2c1-c1ccc(Cl)c(Cl)c1. The molecule has 6 nitrogen and oxygen atoms in total. The zero-order chi connectivity index (χ0) is 18.3. The van der Waals surface area contributed by atoms with E-state index < -0.39 is 17.2 Å². The molecule has 1 aromatic carbocycles. The molecular weight excluding hydrogens is 385 g/mol. The molecule has 1 amide bonds. The number of aromatic amines is 1. The van der Waals surface area contributed by atoms with Gasteiger partial charge in [-0.15, -0.1) is 11.3 Å². The van der Waals surface area contributed by atoms with Crippen LogP contribution in [0.15, 0.2) is 27.8 Å². The molecule has 0 saturated carbocycles. The van der Waals surface area contributed by atoms with Gasteiger partial charge in [0.15, 0.2) is 0 Å². The number of rotatable bonds is 4. The molecule has 0 aliphatic rings. The number of amides is 1. The van der Waals surface area contributed by atoms with Crippen LogP contribution in [-0.4, -0.2) is 15.5 Å². The minimum absolute atomic E-state index is 0.0743. The Labute approximate surface area is 155 Å². The molecule has 0 atom stereocenters. The van der Waals surface area contributed by atoms with Gasteiger partial charge in [0.1, 0.15) is 4.83 Å². The number of nitrogens with one attached hydrogen (secondary N) is 1. The van der Waals surface area contributed by atoms with Crippen molar-refractivity contribution in [1.29, 1.82) is 0 Å². The van der Waals surface area contributed by atoms with Crippen LogP contribution in [0.1, 0.15) is 11.3 Å². The molecule has 0 unspecified atom stereocenters. The van der Waals surface area contributed by atoms with Crippen molar-refractivity contribution < 1.29 is 4.79 Å². The minimum Gasteiger partial charge on any atom is -0.370 e. The number of carbonyl (C=O) groups is 1. The van der Waals surface area contributed by atoms with Crippen LogP contribution in [0.2, 0.25) is 10.0 Å². The Morgan fingerprint density at radius 3 is 2.64 bits per heavy atom. The molecule has 0 fully saturated rings. The number of fused-ring (bicyclic) bond motifs is 1. The summed E-state index contributed by atoms with van der Waals surface area (Å²) in [4.78, 5) is 40.0. The van der Waals surface area contributed by atoms with Crippen LogP contribution in [0.25, 0.3) is 21.3 Å². The summed E-state index contributed by atoms with van der Waals surface area (Å²) in [6.07, 6.45) is -0.0975. The van der Waals surface area contributed by atoms with Gasteiger partial charge in [-0.2, -0.15) is 0 Å². The summed E-state index contributed by atoms with van der Waals surface area (Å²) >= 11 is 13.4. The highest BCUT2D eigenvalue weighted by Crippen LogP contribution is 2.37. The lowest BCUT2D eigenvalue weighted by atomic mass is 10.0. The average molecular weight is 398 g/mol. The van der Waals surface area contributed by atoms with Crippen LogP contribution in [-0.2, 0) is 11.3 Å². The van der Waals surface area contributed by atoms with Gasteiger partial charge in [0.25, 0.3) is 5.56 Å². The smallest absolute Gasteiger partial charge is 0.329 e. The van der Waals surface area contributed by atoms with E-state index in [1.165, 1.54) is 11.3 Å². The second-order valence-corrected chi connectivity index (χ2v) is 7.51. The first-order chi connectivity index (χ1) is 11.8. The van der Waals surface area contributed by atoms with Crippen LogP contribution < -0.4 is 17.0 Å². The molecule has 3 rings (SSSR count). The fourth-order valence-electron chi connectivity index (χ4n) is 2.65. The third-order valence-corrected chi connectivity index (χ3v) is 5.56. The summed E-state index contributed by atoms with van der Waals surface area (Å²) in [5.74, 6) is -0.586. The quantitative estimate of drug-likeness (QED) is 0.707. The van der Waals surface area contributed by atoms with Gasteiger partial charge in [0, 0.05) is 23.4 Å². The number of aromatic nitrogens is 2. The van der Waals surface area contributed by atoms with E-state index in [0.29, 0.717) is 25.8 Å². The fraction of sp³-hybridized carbons (Fsp3) is 0.188. The third kappa shape index (κ3) is 3.22. The molecule has 0 aliphatic carbocycles. The first kappa shape index (κ1) is 17.7. The Hall–Kier alpha value is -2.09. The maximum atomic E-state index is 12.9. The van der Waals surface area contributed by atoms with Gasteiger partial charge in [-0.05, 0) is 24.6 Å². The minimum atomic E-state index is -0.586. The van der Waals surface area contributed by atoms with Gasteiger partial charge in [-0.1, -0.05) is 29.3 Å². The van der Waals surface area contributed by atoms with E-state index in [4.69, 9.17) is 28.9 Å². The highest BCUT2D eigenvalue weighted by Gasteiger charge is 2.19. The molecule has 3 aromatic rings. The number of benzene rings is 1. The first-order valence-corrected chi connectivity index (χ1v) is 8.86. The molecular formula is C16H13Cl2N3O3S. The predicted molar refractivity (Wildman–Crippen MR) is 101 cm³/mol. The molecule has 0 saturated heterocycles. The largest absolute Gasteiger partial charge is 0.370 e. The van der Waals surface area contributed by atoms with E-state index in [-0.39, 0.29) is 13.0 Å². The van der Waals surface area contributed by atoms with E-state index >= 15 is 0 Å². The molecule has 0 aliphatic heterocycles. The third-order valence-electron chi connectivity index (χ3n) is 3.80. The highest BCUT2D eigenvalue weighted by molar-refractivity contribution is 7.19. The summed E-state index contributed by atoms with van der Waals surface area (Å²) in [5, 5.41) is 1.16. The van der Waals surface area contributed by atoms with Crippen LogP contribution >= 0.6 is 34.5 Å². The van der Waals surface area contributed by atoms with Gasteiger partial charge < -0.3 is 5.73 Å². The zero-order valence-electron chi connectivity index (χ0n) is 13.1. The van der Waals surface area contributed by atoms with Crippen LogP contribution in [0.3, 0.4) is 0 Å². The topological polar surface area (TPSA) is 97.9 Å². The molecule has 0 spiro atoms. The highest BCUT2D eigenvalue weighted by atomic mass is 35.5. The number of primary amides is 1. The van der Waals surface area contributed by atoms with E-state index in [0.717, 1.165) is 15.0 Å². The predicted octanol–water partition coefficient (Wildman–Crippen LogP) is 2.91. The van der Waals surface area contributed by atoms with E-state index in [9.17, 15) is 14.4 Å². The maximum absolute atomic E-state index is 12.9. The van der Waals surface area contributed by atoms with Gasteiger partial charge in [-0.3, -0.25) is 19.1 Å². The average Bonchev–Trinajstić information content (AvgIpc) is 2.85. The number of aryl methyl sites for hydroxylation is 1. The number of hydrogen-bond acceptors (Lipinski definition) is 4. The van der Waals surface area contributed by atoms with Crippen molar-refractivity contribution in [3.8, 4) is 11.1 Å². The van der Waals surface area contributed by atoms with Gasteiger partial charge in [-0.25, -0.2) is 4.79 Å². The summed E-state index contributed by atoms with van der Waals surface area (Å²) in [6.45, 7) is 1.78. The summed E-state index contributed by atoms with van der Waals surface area (Å²) < 4.78 is 0.986. The Balaban J connectivity index is 2.29. The van der Waals surface area contributed by atoms with Crippen LogP contribution in [0.5, 0.6) is 0 Å². The maximum Gasteiger partial charge on any atom is 0.329 e. The molecule has 25 heavy (non-hydrogen) atoms. The summed E-state index contributed by atoms with van der Waals surface area (Å²) in [5.41, 5.74) is 5.49. The summed E-state index contributed by atoms with van der Waals surface area (Å²) in [6, 6.07) is 5.09. The molecule has 2 aromatic heterocycles. The number of nitrogens with zero attached hydrogens (tertiary/aromatic N) is 1. The molecule has 0 bridgehead atoms. The van der Waals surface area contributed by atoms with E-state index in [2.05, 4.69) is 4.98 Å². The molecule has 2 heterocycles. The van der Waals surface area contributed by atoms with Crippen molar-refractivity contribution in [1.82, 2.24) is 9.55 Å². The van der Waals surface area contributed by atoms with Gasteiger partial charge >= 0.3 is 5.69 Å². The van der Waals surface area contributed by atoms with Crippen LogP contribution in [0, 0.1) is 6.92 Å². The number of nitrogens with two attached hydrogens (primary N) is 1. The van der Waals surface area contributed by atoms with Crippen molar-refractivity contribution in [2.24, 2.45) is 5.73 Å². The molecule has 9 heteroatoms. The normalized spacial score (nSPS) is 11.2. The second kappa shape index (κ2) is 6.67. The lowest BCUT2D eigenvalue weighted by molar-refractivity contribution is -0.118. The zero-order valence-corrected chi connectivity index (χ0v) is 15.4. The first-order valence-electron chi connectivity index (χ1n) is 7.29. The Morgan fingerprint density at radius 2 is 2.00 bits per heavy atom. The summed E-state index contributed by atoms with van der Waals surface area (Å²) in [7, 11) is 0. The number of carbonyl (C=O) groups excluding carboxylic acids is 1. The van der Waals surface area contributed by atoms with Crippen molar-refractivity contribution >= 4 is 50.7 Å². The fourth-order valence-corrected chi connectivity index (χ4v) is 4.01. The number of hydrogen-bond donors (Lipinski definition) is 2. The van der Waals surface area contributed by atoms with Crippen molar-refractivity contribution in [3.63, 3.8) is 0 Å². The number of thiophene rings is 1. The number of H-pyrrole nitrogens is 1. The monoisotopic (exact) mass is 397 g/mol. The standard InChI is InChI=1S/C16H13Cl2N3O3S/c1-7-12(8-2-3-9(17)10(18)6-8)13-14(25-7)20-16(24)21(15(13)23)5-4-11(19)22/h2-3,6H,4-5H2,1H3,(H2,19,22)(H,20,24). The van der Waals surface area contributed by atoms with E-state index in [1.807, 2.05) is 6.92 Å². The van der Waals surface area contributed by atoms with Crippen molar-refractivity contribution in [2.75, 3.05) is 0 Å². The lowest BCUT2D eigenvalue weighted by Gasteiger charge is -2.06. The molecule has 3 N–H and O–H groups in total. The molecule has 130 valence electrons. The molecule has 0 radical (unpaired) electrons. The van der Waals surface area contributed by atoms with Crippen LogP contribution in [0.4, 0.5) is 0 Å². The Kier molecular flexibility index (Phi) is 4.73. The second-order valence-electron chi connectivity index (χ2n) is 5.47. The van der Waals surface area contributed by atoms with E-state index in [1.54, 1.807) is 18.2 Å². The lowest BCUT2D eigenvalue weighted by Crippen LogP contribution is -2.36. The van der Waals surface area contributed by atoms with Crippen molar-refractivity contribution in [2.45, 2.75) is 19.9 Å².